The second-order valence-electron chi connectivity index (χ2n) is 6.12. The molecule has 0 unspecified atom stereocenters. The van der Waals surface area contributed by atoms with Gasteiger partial charge in [0.1, 0.15) is 11.6 Å². The van der Waals surface area contributed by atoms with E-state index in [0.717, 1.165) is 28.5 Å². The Morgan fingerprint density at radius 3 is 2.50 bits per heavy atom. The van der Waals surface area contributed by atoms with Crippen LogP contribution in [0.3, 0.4) is 0 Å². The van der Waals surface area contributed by atoms with Gasteiger partial charge in [0.2, 0.25) is 0 Å². The van der Waals surface area contributed by atoms with Crippen molar-refractivity contribution in [2.45, 2.75) is 13.8 Å². The molecule has 0 spiro atoms. The average Bonchev–Trinajstić information content (AvgIpc) is 3.07. The van der Waals surface area contributed by atoms with E-state index in [1.807, 2.05) is 61.5 Å². The second-order valence-corrected chi connectivity index (χ2v) is 6.12. The Bertz CT molecular complexity index is 1070. The number of aryl methyl sites for hydroxylation is 2. The van der Waals surface area contributed by atoms with Gasteiger partial charge in [-0.15, -0.1) is 5.10 Å². The fraction of sp³-hybridized carbons (Fsp3) is 0.150. The molecular formula is C20H19N5O. The van der Waals surface area contributed by atoms with Crippen LogP contribution in [0.5, 0.6) is 5.75 Å². The lowest BCUT2D eigenvalue weighted by Gasteiger charge is -2.11. The zero-order valence-corrected chi connectivity index (χ0v) is 14.9. The molecule has 0 saturated carbocycles. The first-order valence-corrected chi connectivity index (χ1v) is 8.35. The van der Waals surface area contributed by atoms with Gasteiger partial charge in [-0.3, -0.25) is 0 Å². The van der Waals surface area contributed by atoms with Crippen molar-refractivity contribution >= 4 is 17.3 Å². The van der Waals surface area contributed by atoms with E-state index in [1.54, 1.807) is 11.6 Å². The van der Waals surface area contributed by atoms with Crippen LogP contribution in [0, 0.1) is 13.8 Å². The Morgan fingerprint density at radius 2 is 1.73 bits per heavy atom. The molecule has 6 heteroatoms. The van der Waals surface area contributed by atoms with Crippen molar-refractivity contribution in [3.63, 3.8) is 0 Å². The molecule has 6 nitrogen and oxygen atoms in total. The summed E-state index contributed by atoms with van der Waals surface area (Å²) in [7, 11) is 1.65. The van der Waals surface area contributed by atoms with Crippen LogP contribution < -0.4 is 10.1 Å². The number of anilines is 2. The molecule has 26 heavy (non-hydrogen) atoms. The highest BCUT2D eigenvalue weighted by Crippen LogP contribution is 2.28. The van der Waals surface area contributed by atoms with Crippen LogP contribution in [0.4, 0.5) is 11.5 Å². The quantitative estimate of drug-likeness (QED) is 0.602. The zero-order chi connectivity index (χ0) is 18.1. The molecule has 0 aliphatic carbocycles. The molecule has 0 aliphatic heterocycles. The van der Waals surface area contributed by atoms with Gasteiger partial charge in [0.15, 0.2) is 5.82 Å². The number of nitrogens with one attached hydrogen (secondary N) is 1. The minimum atomic E-state index is 0.554. The van der Waals surface area contributed by atoms with Crippen LogP contribution in [-0.4, -0.2) is 26.7 Å². The molecule has 0 atom stereocenters. The van der Waals surface area contributed by atoms with Crippen LogP contribution in [0.15, 0.2) is 54.6 Å². The summed E-state index contributed by atoms with van der Waals surface area (Å²) in [5.74, 6) is 2.74. The Balaban J connectivity index is 1.80. The maximum Gasteiger partial charge on any atom is 0.254 e. The molecule has 1 N–H and O–H groups in total. The number of nitrogens with zero attached hydrogens (tertiary/aromatic N) is 4. The summed E-state index contributed by atoms with van der Waals surface area (Å²) in [6, 6.07) is 17.8. The van der Waals surface area contributed by atoms with E-state index >= 15 is 0 Å². The average molecular weight is 345 g/mol. The maximum atomic E-state index is 5.42. The maximum absolute atomic E-state index is 5.42. The van der Waals surface area contributed by atoms with Gasteiger partial charge in [0.05, 0.1) is 12.8 Å². The molecule has 0 radical (unpaired) electrons. The summed E-state index contributed by atoms with van der Waals surface area (Å²) in [6.45, 7) is 3.99. The van der Waals surface area contributed by atoms with Gasteiger partial charge in [-0.2, -0.15) is 9.50 Å². The first-order valence-electron chi connectivity index (χ1n) is 8.35. The summed E-state index contributed by atoms with van der Waals surface area (Å²) in [6.07, 6.45) is 0. The van der Waals surface area contributed by atoms with Gasteiger partial charge < -0.3 is 10.1 Å². The predicted molar refractivity (Wildman–Crippen MR) is 102 cm³/mol. The predicted octanol–water partition coefficient (Wildman–Crippen LogP) is 4.16. The van der Waals surface area contributed by atoms with Crippen molar-refractivity contribution in [1.82, 2.24) is 19.6 Å². The molecule has 0 saturated heterocycles. The molecule has 2 heterocycles. The molecule has 130 valence electrons. The summed E-state index contributed by atoms with van der Waals surface area (Å²) in [5, 5.41) is 8.02. The number of hydrogen-bond acceptors (Lipinski definition) is 5. The zero-order valence-electron chi connectivity index (χ0n) is 14.9. The van der Waals surface area contributed by atoms with Crippen molar-refractivity contribution < 1.29 is 4.74 Å². The first-order chi connectivity index (χ1) is 12.6. The van der Waals surface area contributed by atoms with Crippen molar-refractivity contribution in [3.05, 3.63) is 65.9 Å². The molecule has 2 aromatic carbocycles. The largest absolute Gasteiger partial charge is 0.495 e. The molecule has 2 aromatic heterocycles. The smallest absolute Gasteiger partial charge is 0.254 e. The monoisotopic (exact) mass is 345 g/mol. The standard InChI is InChI=1S/C20H19N5O/c1-13-8-10-15(11-9-13)19-23-20-21-14(2)12-18(25(20)24-19)22-16-6-4-5-7-17(16)26-3/h4-12,22H,1-3H3. The van der Waals surface area contributed by atoms with Crippen LogP contribution in [0.25, 0.3) is 17.2 Å². The Labute approximate surface area is 151 Å². The van der Waals surface area contributed by atoms with Gasteiger partial charge in [-0.1, -0.05) is 42.0 Å². The molecule has 0 amide bonds. The highest BCUT2D eigenvalue weighted by atomic mass is 16.5. The lowest BCUT2D eigenvalue weighted by molar-refractivity contribution is 0.417. The van der Waals surface area contributed by atoms with Gasteiger partial charge >= 0.3 is 0 Å². The minimum Gasteiger partial charge on any atom is -0.495 e. The van der Waals surface area contributed by atoms with Crippen LogP contribution >= 0.6 is 0 Å². The molecule has 0 fully saturated rings. The van der Waals surface area contributed by atoms with E-state index in [0.29, 0.717) is 11.6 Å². The van der Waals surface area contributed by atoms with Crippen molar-refractivity contribution in [2.24, 2.45) is 0 Å². The lowest BCUT2D eigenvalue weighted by Crippen LogP contribution is -2.03. The third-order valence-electron chi connectivity index (χ3n) is 4.12. The molecule has 4 aromatic rings. The SMILES string of the molecule is COc1ccccc1Nc1cc(C)nc2nc(-c3ccc(C)cc3)nn12. The summed E-state index contributed by atoms with van der Waals surface area (Å²) < 4.78 is 7.14. The number of hydrogen-bond donors (Lipinski definition) is 1. The topological polar surface area (TPSA) is 64.3 Å². The number of benzene rings is 2. The molecular weight excluding hydrogens is 326 g/mol. The summed E-state index contributed by atoms with van der Waals surface area (Å²) in [4.78, 5) is 9.09. The third-order valence-corrected chi connectivity index (χ3v) is 4.12. The van der Waals surface area contributed by atoms with E-state index in [2.05, 4.69) is 27.3 Å². The Morgan fingerprint density at radius 1 is 0.962 bits per heavy atom. The lowest BCUT2D eigenvalue weighted by atomic mass is 10.1. The van der Waals surface area contributed by atoms with Gasteiger partial charge in [-0.05, 0) is 26.0 Å². The molecule has 0 aliphatic rings. The fourth-order valence-electron chi connectivity index (χ4n) is 2.79. The Kier molecular flexibility index (Phi) is 4.01. The Hall–Kier alpha value is -3.41. The highest BCUT2D eigenvalue weighted by Gasteiger charge is 2.13. The van der Waals surface area contributed by atoms with Crippen LogP contribution in [0.2, 0.25) is 0 Å². The van der Waals surface area contributed by atoms with E-state index in [4.69, 9.17) is 4.74 Å². The van der Waals surface area contributed by atoms with E-state index in [9.17, 15) is 0 Å². The van der Waals surface area contributed by atoms with Gasteiger partial charge in [-0.25, -0.2) is 4.98 Å². The van der Waals surface area contributed by atoms with E-state index in [-0.39, 0.29) is 0 Å². The molecule has 4 rings (SSSR count). The fourth-order valence-corrected chi connectivity index (χ4v) is 2.79. The highest BCUT2D eigenvalue weighted by molar-refractivity contribution is 5.66. The van der Waals surface area contributed by atoms with E-state index < -0.39 is 0 Å². The molecule has 0 bridgehead atoms. The van der Waals surface area contributed by atoms with Crippen molar-refractivity contribution in [3.8, 4) is 17.1 Å². The van der Waals surface area contributed by atoms with Gasteiger partial charge in [0.25, 0.3) is 5.78 Å². The number of aromatic nitrogens is 4. The number of rotatable bonds is 4. The number of para-hydroxylation sites is 2. The first kappa shape index (κ1) is 16.1. The normalized spacial score (nSPS) is 10.9. The van der Waals surface area contributed by atoms with E-state index in [1.165, 1.54) is 5.56 Å². The van der Waals surface area contributed by atoms with Crippen molar-refractivity contribution in [2.75, 3.05) is 12.4 Å². The number of fused-ring (bicyclic) bond motifs is 1. The number of ether oxygens (including phenoxy) is 1. The summed E-state index contributed by atoms with van der Waals surface area (Å²) in [5.41, 5.74) is 3.87. The van der Waals surface area contributed by atoms with Crippen LogP contribution in [0.1, 0.15) is 11.3 Å². The minimum absolute atomic E-state index is 0.554. The van der Waals surface area contributed by atoms with Crippen LogP contribution in [-0.2, 0) is 0 Å². The summed E-state index contributed by atoms with van der Waals surface area (Å²) >= 11 is 0. The van der Waals surface area contributed by atoms with Crippen molar-refractivity contribution in [1.29, 1.82) is 0 Å². The number of methoxy groups -OCH3 is 1. The second kappa shape index (κ2) is 6.48. The van der Waals surface area contributed by atoms with Gasteiger partial charge in [0, 0.05) is 17.3 Å². The third kappa shape index (κ3) is 2.97.